The molecule has 1 saturated carbocycles. The first-order valence-corrected chi connectivity index (χ1v) is 8.14. The molecule has 0 aromatic heterocycles. The molecule has 112 valence electrons. The third-order valence-electron chi connectivity index (χ3n) is 3.67. The first-order valence-electron chi connectivity index (χ1n) is 7.76. The zero-order chi connectivity index (χ0) is 14.4. The van der Waals surface area contributed by atoms with E-state index in [0.717, 1.165) is 36.1 Å². The smallest absolute Gasteiger partial charge is 0.0963 e. The van der Waals surface area contributed by atoms with E-state index in [1.54, 1.807) is 0 Å². The Morgan fingerprint density at radius 2 is 2.05 bits per heavy atom. The number of nitrogens with one attached hydrogen (secondary N) is 1. The summed E-state index contributed by atoms with van der Waals surface area (Å²) < 4.78 is 6.09. The Labute approximate surface area is 127 Å². The molecule has 1 fully saturated rings. The van der Waals surface area contributed by atoms with Gasteiger partial charge in [-0.15, -0.1) is 0 Å². The number of ether oxygens (including phenoxy) is 1. The number of benzene rings is 1. The number of halogens is 1. The molecule has 0 amide bonds. The molecule has 0 heterocycles. The molecule has 1 unspecified atom stereocenters. The molecule has 1 N–H and O–H groups in total. The molecule has 1 aliphatic rings. The van der Waals surface area contributed by atoms with Gasteiger partial charge in [-0.1, -0.05) is 43.6 Å². The maximum absolute atomic E-state index is 6.31. The monoisotopic (exact) mass is 295 g/mol. The largest absolute Gasteiger partial charge is 0.372 e. The zero-order valence-electron chi connectivity index (χ0n) is 12.6. The summed E-state index contributed by atoms with van der Waals surface area (Å²) in [7, 11) is 0. The second-order valence-corrected chi connectivity index (χ2v) is 6.51. The zero-order valence-corrected chi connectivity index (χ0v) is 13.3. The quantitative estimate of drug-likeness (QED) is 0.673. The van der Waals surface area contributed by atoms with Gasteiger partial charge in [-0.25, -0.2) is 0 Å². The molecular formula is C17H26ClNO. The van der Waals surface area contributed by atoms with Crippen molar-refractivity contribution >= 4 is 11.6 Å². The lowest BCUT2D eigenvalue weighted by atomic mass is 10.1. The van der Waals surface area contributed by atoms with Gasteiger partial charge < -0.3 is 10.1 Å². The van der Waals surface area contributed by atoms with Crippen molar-refractivity contribution in [2.45, 2.75) is 51.7 Å². The van der Waals surface area contributed by atoms with E-state index < -0.39 is 0 Å². The van der Waals surface area contributed by atoms with Crippen molar-refractivity contribution < 1.29 is 4.74 Å². The van der Waals surface area contributed by atoms with Gasteiger partial charge in [0, 0.05) is 29.8 Å². The summed E-state index contributed by atoms with van der Waals surface area (Å²) in [5, 5.41) is 4.35. The summed E-state index contributed by atoms with van der Waals surface area (Å²) in [5.74, 6) is 0.738. The van der Waals surface area contributed by atoms with Gasteiger partial charge in [0.15, 0.2) is 0 Å². The lowest BCUT2D eigenvalue weighted by molar-refractivity contribution is 0.0485. The molecule has 2 nitrogen and oxygen atoms in total. The molecule has 2 rings (SSSR count). The van der Waals surface area contributed by atoms with Gasteiger partial charge in [-0.2, -0.15) is 0 Å². The fourth-order valence-electron chi connectivity index (χ4n) is 2.27. The highest BCUT2D eigenvalue weighted by Gasteiger charge is 2.23. The first kappa shape index (κ1) is 15.8. The molecule has 0 bridgehead atoms. The average Bonchev–Trinajstić information content (AvgIpc) is 3.23. The fraction of sp³-hybridized carbons (Fsp3) is 0.647. The molecule has 0 aliphatic heterocycles. The molecule has 0 radical (unpaired) electrons. The predicted octanol–water partition coefficient (Wildman–Crippen LogP) is 4.59. The molecule has 0 saturated heterocycles. The highest BCUT2D eigenvalue weighted by molar-refractivity contribution is 6.31. The van der Waals surface area contributed by atoms with Gasteiger partial charge in [-0.3, -0.25) is 0 Å². The summed E-state index contributed by atoms with van der Waals surface area (Å²) in [6.07, 6.45) is 4.98. The topological polar surface area (TPSA) is 21.3 Å². The van der Waals surface area contributed by atoms with Crippen LogP contribution < -0.4 is 5.32 Å². The van der Waals surface area contributed by atoms with Crippen molar-refractivity contribution in [1.29, 1.82) is 0 Å². The predicted molar refractivity (Wildman–Crippen MR) is 85.2 cm³/mol. The highest BCUT2D eigenvalue weighted by atomic mass is 35.5. The third-order valence-corrected chi connectivity index (χ3v) is 4.01. The van der Waals surface area contributed by atoms with Crippen LogP contribution in [0.4, 0.5) is 0 Å². The second-order valence-electron chi connectivity index (χ2n) is 6.10. The summed E-state index contributed by atoms with van der Waals surface area (Å²) in [4.78, 5) is 0. The van der Waals surface area contributed by atoms with Gasteiger partial charge in [0.25, 0.3) is 0 Å². The van der Waals surface area contributed by atoms with Crippen molar-refractivity contribution in [3.05, 3.63) is 34.9 Å². The van der Waals surface area contributed by atoms with Gasteiger partial charge in [0.2, 0.25) is 0 Å². The standard InChI is InChI=1S/C17H26ClNO/c1-13(2)6-5-11-20-17(12-19-14-9-10-14)15-7-3-4-8-16(15)18/h3-4,7-8,13-14,17,19H,5-6,9-12H2,1-2H3. The fourth-order valence-corrected chi connectivity index (χ4v) is 2.53. The van der Waals surface area contributed by atoms with Crippen LogP contribution in [0.25, 0.3) is 0 Å². The van der Waals surface area contributed by atoms with Crippen LogP contribution in [0.5, 0.6) is 0 Å². The van der Waals surface area contributed by atoms with Crippen molar-refractivity contribution in [2.75, 3.05) is 13.2 Å². The van der Waals surface area contributed by atoms with E-state index in [1.807, 2.05) is 18.2 Å². The normalized spacial score (nSPS) is 16.6. The Kier molecular flexibility index (Phi) is 6.34. The summed E-state index contributed by atoms with van der Waals surface area (Å²) in [6.45, 7) is 6.16. The van der Waals surface area contributed by atoms with Crippen LogP contribution in [-0.2, 0) is 4.74 Å². The van der Waals surface area contributed by atoms with Gasteiger partial charge in [0.05, 0.1) is 6.10 Å². The van der Waals surface area contributed by atoms with Crippen LogP contribution >= 0.6 is 11.6 Å². The van der Waals surface area contributed by atoms with Crippen LogP contribution in [0.3, 0.4) is 0 Å². The van der Waals surface area contributed by atoms with E-state index in [9.17, 15) is 0 Å². The Morgan fingerprint density at radius 3 is 2.70 bits per heavy atom. The lowest BCUT2D eigenvalue weighted by Crippen LogP contribution is -2.25. The Hall–Kier alpha value is -0.570. The summed E-state index contributed by atoms with van der Waals surface area (Å²) >= 11 is 6.31. The van der Waals surface area contributed by atoms with Crippen LogP contribution in [0.15, 0.2) is 24.3 Å². The minimum atomic E-state index is 0.0662. The molecule has 3 heteroatoms. The summed E-state index contributed by atoms with van der Waals surface area (Å²) in [6, 6.07) is 8.71. The Bertz CT molecular complexity index is 404. The van der Waals surface area contributed by atoms with Crippen LogP contribution in [-0.4, -0.2) is 19.2 Å². The SMILES string of the molecule is CC(C)CCCOC(CNC1CC1)c1ccccc1Cl. The number of hydrogen-bond donors (Lipinski definition) is 1. The Morgan fingerprint density at radius 1 is 1.30 bits per heavy atom. The number of rotatable bonds is 9. The van der Waals surface area contributed by atoms with E-state index in [-0.39, 0.29) is 6.10 Å². The highest BCUT2D eigenvalue weighted by Crippen LogP contribution is 2.27. The summed E-state index contributed by atoms with van der Waals surface area (Å²) in [5.41, 5.74) is 1.10. The van der Waals surface area contributed by atoms with Crippen LogP contribution in [0.1, 0.15) is 51.2 Å². The van der Waals surface area contributed by atoms with E-state index in [1.165, 1.54) is 19.3 Å². The molecule has 1 aromatic rings. The minimum Gasteiger partial charge on any atom is -0.372 e. The van der Waals surface area contributed by atoms with E-state index in [0.29, 0.717) is 6.04 Å². The average molecular weight is 296 g/mol. The van der Waals surface area contributed by atoms with E-state index in [4.69, 9.17) is 16.3 Å². The third kappa shape index (κ3) is 5.43. The van der Waals surface area contributed by atoms with Crippen molar-refractivity contribution in [2.24, 2.45) is 5.92 Å². The minimum absolute atomic E-state index is 0.0662. The van der Waals surface area contributed by atoms with Crippen molar-refractivity contribution in [3.8, 4) is 0 Å². The maximum Gasteiger partial charge on any atom is 0.0963 e. The number of hydrogen-bond acceptors (Lipinski definition) is 2. The first-order chi connectivity index (χ1) is 9.66. The van der Waals surface area contributed by atoms with Crippen LogP contribution in [0, 0.1) is 5.92 Å². The van der Waals surface area contributed by atoms with E-state index >= 15 is 0 Å². The van der Waals surface area contributed by atoms with Crippen molar-refractivity contribution in [1.82, 2.24) is 5.32 Å². The van der Waals surface area contributed by atoms with E-state index in [2.05, 4.69) is 25.2 Å². The molecule has 20 heavy (non-hydrogen) atoms. The van der Waals surface area contributed by atoms with Gasteiger partial charge in [-0.05, 0) is 37.7 Å². The second kappa shape index (κ2) is 8.02. The molecule has 1 aliphatic carbocycles. The maximum atomic E-state index is 6.31. The molecule has 1 atom stereocenters. The Balaban J connectivity index is 1.87. The van der Waals surface area contributed by atoms with Crippen LogP contribution in [0.2, 0.25) is 5.02 Å². The molecular weight excluding hydrogens is 270 g/mol. The van der Waals surface area contributed by atoms with Gasteiger partial charge in [0.1, 0.15) is 0 Å². The van der Waals surface area contributed by atoms with Gasteiger partial charge >= 0.3 is 0 Å². The lowest BCUT2D eigenvalue weighted by Gasteiger charge is -2.20. The molecule has 0 spiro atoms. The van der Waals surface area contributed by atoms with Crippen molar-refractivity contribution in [3.63, 3.8) is 0 Å². The molecule has 1 aromatic carbocycles.